The zero-order valence-electron chi connectivity index (χ0n) is 6.74. The molecule has 1 saturated heterocycles. The molecule has 0 aromatic rings. The molecular formula is C8H12O2S. The molecule has 11 heavy (non-hydrogen) atoms. The van der Waals surface area contributed by atoms with E-state index in [4.69, 9.17) is 6.42 Å². The van der Waals surface area contributed by atoms with E-state index in [1.165, 1.54) is 0 Å². The standard InChI is InChI=1S/C8H12O2S/c1-4-8-6(2)5-11(9,10)7(8)3/h1,6-8H,5H2,2-3H3. The minimum Gasteiger partial charge on any atom is -0.229 e. The van der Waals surface area contributed by atoms with Crippen LogP contribution in [-0.4, -0.2) is 19.4 Å². The van der Waals surface area contributed by atoms with Gasteiger partial charge in [0.25, 0.3) is 0 Å². The second-order valence-corrected chi connectivity index (χ2v) is 5.61. The van der Waals surface area contributed by atoms with Crippen molar-refractivity contribution in [1.82, 2.24) is 0 Å². The van der Waals surface area contributed by atoms with Crippen molar-refractivity contribution in [1.29, 1.82) is 0 Å². The quantitative estimate of drug-likeness (QED) is 0.504. The van der Waals surface area contributed by atoms with Crippen LogP contribution in [-0.2, 0) is 9.84 Å². The molecule has 3 atom stereocenters. The molecule has 1 aliphatic rings. The molecule has 0 N–H and O–H groups in total. The lowest BCUT2D eigenvalue weighted by atomic mass is 9.94. The smallest absolute Gasteiger partial charge is 0.154 e. The monoisotopic (exact) mass is 172 g/mol. The van der Waals surface area contributed by atoms with E-state index in [0.717, 1.165) is 0 Å². The molecular weight excluding hydrogens is 160 g/mol. The van der Waals surface area contributed by atoms with E-state index in [0.29, 0.717) is 0 Å². The summed E-state index contributed by atoms with van der Waals surface area (Å²) in [5.41, 5.74) is 0. The van der Waals surface area contributed by atoms with E-state index in [1.54, 1.807) is 6.92 Å². The summed E-state index contributed by atoms with van der Waals surface area (Å²) in [5.74, 6) is 2.83. The molecule has 62 valence electrons. The van der Waals surface area contributed by atoms with E-state index in [9.17, 15) is 8.42 Å². The molecule has 1 fully saturated rings. The van der Waals surface area contributed by atoms with Crippen LogP contribution in [0.5, 0.6) is 0 Å². The predicted molar refractivity (Wildman–Crippen MR) is 44.7 cm³/mol. The van der Waals surface area contributed by atoms with Crippen LogP contribution < -0.4 is 0 Å². The van der Waals surface area contributed by atoms with E-state index in [2.05, 4.69) is 5.92 Å². The Morgan fingerprint density at radius 2 is 2.00 bits per heavy atom. The second kappa shape index (κ2) is 2.53. The number of rotatable bonds is 0. The molecule has 0 saturated carbocycles. The lowest BCUT2D eigenvalue weighted by Gasteiger charge is -2.08. The van der Waals surface area contributed by atoms with Gasteiger partial charge in [-0.05, 0) is 12.8 Å². The van der Waals surface area contributed by atoms with Crippen LogP contribution in [0, 0.1) is 24.2 Å². The minimum atomic E-state index is -2.88. The highest BCUT2D eigenvalue weighted by Crippen LogP contribution is 2.30. The van der Waals surface area contributed by atoms with Gasteiger partial charge in [-0.25, -0.2) is 8.42 Å². The Hall–Kier alpha value is -0.490. The zero-order chi connectivity index (χ0) is 8.65. The van der Waals surface area contributed by atoms with Crippen LogP contribution in [0.1, 0.15) is 13.8 Å². The lowest BCUT2D eigenvalue weighted by molar-refractivity contribution is 0.512. The maximum absolute atomic E-state index is 11.2. The molecule has 0 aromatic carbocycles. The van der Waals surface area contributed by atoms with Crippen molar-refractivity contribution < 1.29 is 8.42 Å². The van der Waals surface area contributed by atoms with Crippen LogP contribution in [0.3, 0.4) is 0 Å². The molecule has 2 nitrogen and oxygen atoms in total. The van der Waals surface area contributed by atoms with Crippen LogP contribution in [0.4, 0.5) is 0 Å². The molecule has 1 rings (SSSR count). The normalized spacial score (nSPS) is 41.7. The maximum Gasteiger partial charge on any atom is 0.154 e. The van der Waals surface area contributed by atoms with Gasteiger partial charge in [0.05, 0.1) is 11.0 Å². The third kappa shape index (κ3) is 1.28. The van der Waals surface area contributed by atoms with E-state index >= 15 is 0 Å². The van der Waals surface area contributed by atoms with E-state index < -0.39 is 9.84 Å². The van der Waals surface area contributed by atoms with Crippen LogP contribution >= 0.6 is 0 Å². The molecule has 1 heterocycles. The van der Waals surface area contributed by atoms with Gasteiger partial charge < -0.3 is 0 Å². The maximum atomic E-state index is 11.2. The summed E-state index contributed by atoms with van der Waals surface area (Å²) in [6.07, 6.45) is 5.22. The first-order valence-corrected chi connectivity index (χ1v) is 5.38. The van der Waals surface area contributed by atoms with Crippen molar-refractivity contribution in [3.05, 3.63) is 0 Å². The van der Waals surface area contributed by atoms with Crippen molar-refractivity contribution >= 4 is 9.84 Å². The fourth-order valence-electron chi connectivity index (χ4n) is 1.61. The molecule has 0 aromatic heterocycles. The number of hydrogen-bond donors (Lipinski definition) is 0. The molecule has 1 aliphatic heterocycles. The Morgan fingerprint density at radius 3 is 2.18 bits per heavy atom. The first kappa shape index (κ1) is 8.61. The van der Waals surface area contributed by atoms with Crippen molar-refractivity contribution in [2.24, 2.45) is 11.8 Å². The molecule has 0 radical (unpaired) electrons. The van der Waals surface area contributed by atoms with Gasteiger partial charge in [-0.1, -0.05) is 6.92 Å². The van der Waals surface area contributed by atoms with Gasteiger partial charge in [-0.3, -0.25) is 0 Å². The molecule has 0 bridgehead atoms. The molecule has 0 spiro atoms. The van der Waals surface area contributed by atoms with Gasteiger partial charge >= 0.3 is 0 Å². The summed E-state index contributed by atoms with van der Waals surface area (Å²) in [4.78, 5) is 0. The summed E-state index contributed by atoms with van der Waals surface area (Å²) in [6, 6.07) is 0. The second-order valence-electron chi connectivity index (χ2n) is 3.20. The number of sulfone groups is 1. The average Bonchev–Trinajstić information content (AvgIpc) is 2.04. The highest BCUT2D eigenvalue weighted by atomic mass is 32.2. The first-order chi connectivity index (χ1) is 4.99. The zero-order valence-corrected chi connectivity index (χ0v) is 7.56. The lowest BCUT2D eigenvalue weighted by Crippen LogP contribution is -2.17. The number of hydrogen-bond acceptors (Lipinski definition) is 2. The highest BCUT2D eigenvalue weighted by molar-refractivity contribution is 7.92. The van der Waals surface area contributed by atoms with Crippen LogP contribution in [0.25, 0.3) is 0 Å². The Morgan fingerprint density at radius 1 is 1.45 bits per heavy atom. The molecule has 3 unspecified atom stereocenters. The highest BCUT2D eigenvalue weighted by Gasteiger charge is 2.40. The van der Waals surface area contributed by atoms with Crippen molar-refractivity contribution in [2.75, 3.05) is 5.75 Å². The van der Waals surface area contributed by atoms with Gasteiger partial charge in [0.1, 0.15) is 0 Å². The number of terminal acetylenes is 1. The summed E-state index contributed by atoms with van der Waals surface area (Å²) in [6.45, 7) is 3.59. The van der Waals surface area contributed by atoms with Gasteiger partial charge in [0.2, 0.25) is 0 Å². The van der Waals surface area contributed by atoms with E-state index in [1.807, 2.05) is 6.92 Å². The largest absolute Gasteiger partial charge is 0.229 e. The van der Waals surface area contributed by atoms with Crippen molar-refractivity contribution in [3.8, 4) is 12.3 Å². The summed E-state index contributed by atoms with van der Waals surface area (Å²) >= 11 is 0. The topological polar surface area (TPSA) is 34.1 Å². The first-order valence-electron chi connectivity index (χ1n) is 3.66. The summed E-state index contributed by atoms with van der Waals surface area (Å²) < 4.78 is 22.5. The Kier molecular flexibility index (Phi) is 1.98. The van der Waals surface area contributed by atoms with E-state index in [-0.39, 0.29) is 22.8 Å². The Balaban J connectivity index is 3.00. The Labute approximate surface area is 67.9 Å². The van der Waals surface area contributed by atoms with Crippen LogP contribution in [0.15, 0.2) is 0 Å². The van der Waals surface area contributed by atoms with Gasteiger partial charge in [-0.2, -0.15) is 0 Å². The average molecular weight is 172 g/mol. The summed E-state index contributed by atoms with van der Waals surface area (Å²) in [7, 11) is -2.88. The summed E-state index contributed by atoms with van der Waals surface area (Å²) in [5, 5.41) is -0.345. The predicted octanol–water partition coefficient (Wildman–Crippen LogP) is 0.689. The molecule has 0 aliphatic carbocycles. The third-order valence-corrected chi connectivity index (χ3v) is 4.79. The van der Waals surface area contributed by atoms with Crippen LogP contribution in [0.2, 0.25) is 0 Å². The molecule has 0 amide bonds. The molecule has 3 heteroatoms. The van der Waals surface area contributed by atoms with Crippen molar-refractivity contribution in [3.63, 3.8) is 0 Å². The Bertz CT molecular complexity index is 284. The van der Waals surface area contributed by atoms with Gasteiger partial charge in [-0.15, -0.1) is 12.3 Å². The third-order valence-electron chi connectivity index (χ3n) is 2.37. The van der Waals surface area contributed by atoms with Gasteiger partial charge in [0, 0.05) is 5.92 Å². The van der Waals surface area contributed by atoms with Gasteiger partial charge in [0.15, 0.2) is 9.84 Å². The SMILES string of the molecule is C#CC1C(C)CS(=O)(=O)C1C. The fourth-order valence-corrected chi connectivity index (χ4v) is 3.65. The minimum absolute atomic E-state index is 0.0833. The fraction of sp³-hybridized carbons (Fsp3) is 0.750. The van der Waals surface area contributed by atoms with Crippen molar-refractivity contribution in [2.45, 2.75) is 19.1 Å².